The average Bonchev–Trinajstić information content (AvgIpc) is 2.64. The number of hydrogen-bond donors (Lipinski definition) is 2. The molecule has 1 aliphatic rings. The molecule has 4 nitrogen and oxygen atoms in total. The maximum atomic E-state index is 10.1. The molecule has 1 aromatic carbocycles. The summed E-state index contributed by atoms with van der Waals surface area (Å²) < 4.78 is 11.2. The number of methoxy groups -OCH3 is 1. The highest BCUT2D eigenvalue weighted by Crippen LogP contribution is 2.32. The number of rotatable bonds is 4. The Morgan fingerprint density at radius 3 is 2.65 bits per heavy atom. The van der Waals surface area contributed by atoms with Gasteiger partial charge in [-0.05, 0) is 38.3 Å². The van der Waals surface area contributed by atoms with Gasteiger partial charge < -0.3 is 19.7 Å². The summed E-state index contributed by atoms with van der Waals surface area (Å²) in [4.78, 5) is 0. The van der Waals surface area contributed by atoms with Crippen LogP contribution in [0.3, 0.4) is 0 Å². The van der Waals surface area contributed by atoms with E-state index in [9.17, 15) is 10.2 Å². The molecule has 2 N–H and O–H groups in total. The smallest absolute Gasteiger partial charge is 0.129 e. The van der Waals surface area contributed by atoms with Crippen molar-refractivity contribution in [3.8, 4) is 11.5 Å². The molecule has 0 radical (unpaired) electrons. The van der Waals surface area contributed by atoms with E-state index in [4.69, 9.17) is 9.47 Å². The lowest BCUT2D eigenvalue weighted by Gasteiger charge is -2.24. The van der Waals surface area contributed by atoms with Crippen LogP contribution in [0.25, 0.3) is 0 Å². The molecule has 2 rings (SSSR count). The third-order valence-corrected chi connectivity index (χ3v) is 3.87. The molecule has 2 unspecified atom stereocenters. The summed E-state index contributed by atoms with van der Waals surface area (Å²) in [7, 11) is 1.60. The SMILES string of the molecule is COc1ccc([C@H](C)O)c(OC2CCCCCC2O)c1. The lowest BCUT2D eigenvalue weighted by atomic mass is 10.1. The molecule has 4 heteroatoms. The van der Waals surface area contributed by atoms with Crippen molar-refractivity contribution < 1.29 is 19.7 Å². The number of hydrogen-bond acceptors (Lipinski definition) is 4. The van der Waals surface area contributed by atoms with E-state index in [1.165, 1.54) is 0 Å². The summed E-state index contributed by atoms with van der Waals surface area (Å²) in [5.74, 6) is 1.29. The molecular formula is C16H24O4. The first kappa shape index (κ1) is 15.1. The first-order chi connectivity index (χ1) is 9.61. The van der Waals surface area contributed by atoms with Crippen LogP contribution in [0.15, 0.2) is 18.2 Å². The second kappa shape index (κ2) is 6.95. The van der Waals surface area contributed by atoms with E-state index in [-0.39, 0.29) is 6.10 Å². The Hall–Kier alpha value is -1.26. The van der Waals surface area contributed by atoms with Crippen molar-refractivity contribution in [2.24, 2.45) is 0 Å². The van der Waals surface area contributed by atoms with Gasteiger partial charge in [0.2, 0.25) is 0 Å². The highest BCUT2D eigenvalue weighted by molar-refractivity contribution is 5.42. The van der Waals surface area contributed by atoms with E-state index in [1.807, 2.05) is 6.07 Å². The molecule has 0 saturated heterocycles. The zero-order chi connectivity index (χ0) is 14.5. The molecule has 0 bridgehead atoms. The van der Waals surface area contributed by atoms with Gasteiger partial charge in [0.1, 0.15) is 17.6 Å². The minimum atomic E-state index is -0.612. The molecule has 1 saturated carbocycles. The normalized spacial score (nSPS) is 24.8. The van der Waals surface area contributed by atoms with Gasteiger partial charge in [-0.1, -0.05) is 12.8 Å². The summed E-state index contributed by atoms with van der Waals surface area (Å²) in [6.07, 6.45) is 3.61. The first-order valence-electron chi connectivity index (χ1n) is 7.32. The fraction of sp³-hybridized carbons (Fsp3) is 0.625. The summed E-state index contributed by atoms with van der Waals surface area (Å²) in [5.41, 5.74) is 0.724. The maximum absolute atomic E-state index is 10.1. The zero-order valence-electron chi connectivity index (χ0n) is 12.2. The van der Waals surface area contributed by atoms with Crippen LogP contribution in [0.4, 0.5) is 0 Å². The van der Waals surface area contributed by atoms with E-state index in [2.05, 4.69) is 0 Å². The van der Waals surface area contributed by atoms with E-state index in [0.29, 0.717) is 11.5 Å². The molecule has 0 heterocycles. The Bertz CT molecular complexity index is 430. The van der Waals surface area contributed by atoms with Crippen LogP contribution in [-0.4, -0.2) is 29.5 Å². The second-order valence-electron chi connectivity index (χ2n) is 5.44. The van der Waals surface area contributed by atoms with Gasteiger partial charge in [0.05, 0.1) is 19.3 Å². The van der Waals surface area contributed by atoms with Gasteiger partial charge >= 0.3 is 0 Å². The second-order valence-corrected chi connectivity index (χ2v) is 5.44. The monoisotopic (exact) mass is 280 g/mol. The lowest BCUT2D eigenvalue weighted by Crippen LogP contribution is -2.30. The third kappa shape index (κ3) is 3.64. The molecule has 0 amide bonds. The summed E-state index contributed by atoms with van der Waals surface area (Å²) in [6, 6.07) is 5.39. The number of benzene rings is 1. The summed E-state index contributed by atoms with van der Waals surface area (Å²) >= 11 is 0. The lowest BCUT2D eigenvalue weighted by molar-refractivity contribution is 0.0298. The standard InChI is InChI=1S/C16H24O4/c1-11(17)13-9-8-12(19-2)10-16(13)20-15-7-5-3-4-6-14(15)18/h8-11,14-15,17-18H,3-7H2,1-2H3/t11-,14?,15?/m0/s1. The van der Waals surface area contributed by atoms with Crippen LogP contribution in [0.1, 0.15) is 50.7 Å². The molecule has 1 aromatic rings. The van der Waals surface area contributed by atoms with Crippen LogP contribution in [0.2, 0.25) is 0 Å². The van der Waals surface area contributed by atoms with Crippen LogP contribution in [0.5, 0.6) is 11.5 Å². The van der Waals surface area contributed by atoms with Crippen LogP contribution in [-0.2, 0) is 0 Å². The number of ether oxygens (including phenoxy) is 2. The Kier molecular flexibility index (Phi) is 5.26. The molecule has 1 fully saturated rings. The fourth-order valence-corrected chi connectivity index (χ4v) is 2.64. The zero-order valence-corrected chi connectivity index (χ0v) is 12.2. The van der Waals surface area contributed by atoms with Gasteiger partial charge in [0.15, 0.2) is 0 Å². The Balaban J connectivity index is 2.21. The molecule has 1 aliphatic carbocycles. The van der Waals surface area contributed by atoms with Gasteiger partial charge in [0, 0.05) is 11.6 Å². The topological polar surface area (TPSA) is 58.9 Å². The summed E-state index contributed by atoms with van der Waals surface area (Å²) in [5, 5.41) is 20.0. The van der Waals surface area contributed by atoms with E-state index < -0.39 is 12.2 Å². The largest absolute Gasteiger partial charge is 0.497 e. The maximum Gasteiger partial charge on any atom is 0.129 e. The van der Waals surface area contributed by atoms with Crippen LogP contribution < -0.4 is 9.47 Å². The van der Waals surface area contributed by atoms with Gasteiger partial charge in [-0.2, -0.15) is 0 Å². The number of aliphatic hydroxyl groups is 2. The Morgan fingerprint density at radius 2 is 1.95 bits per heavy atom. The molecular weight excluding hydrogens is 256 g/mol. The molecule has 0 aliphatic heterocycles. The van der Waals surface area contributed by atoms with Crippen molar-refractivity contribution >= 4 is 0 Å². The van der Waals surface area contributed by atoms with Crippen molar-refractivity contribution in [2.45, 2.75) is 57.3 Å². The van der Waals surface area contributed by atoms with Crippen molar-refractivity contribution in [1.82, 2.24) is 0 Å². The quantitative estimate of drug-likeness (QED) is 0.833. The van der Waals surface area contributed by atoms with E-state index >= 15 is 0 Å². The molecule has 0 spiro atoms. The van der Waals surface area contributed by atoms with Gasteiger partial charge in [-0.3, -0.25) is 0 Å². The predicted molar refractivity (Wildman–Crippen MR) is 77.1 cm³/mol. The van der Waals surface area contributed by atoms with E-state index in [1.54, 1.807) is 26.2 Å². The van der Waals surface area contributed by atoms with Gasteiger partial charge in [-0.25, -0.2) is 0 Å². The van der Waals surface area contributed by atoms with Crippen molar-refractivity contribution in [3.63, 3.8) is 0 Å². The minimum absolute atomic E-state index is 0.206. The first-order valence-corrected chi connectivity index (χ1v) is 7.32. The predicted octanol–water partition coefficient (Wildman–Crippen LogP) is 2.82. The Morgan fingerprint density at radius 1 is 1.20 bits per heavy atom. The average molecular weight is 280 g/mol. The highest BCUT2D eigenvalue weighted by atomic mass is 16.5. The van der Waals surface area contributed by atoms with Gasteiger partial charge in [0.25, 0.3) is 0 Å². The fourth-order valence-electron chi connectivity index (χ4n) is 2.64. The molecule has 0 aromatic heterocycles. The van der Waals surface area contributed by atoms with Crippen LogP contribution in [0, 0.1) is 0 Å². The van der Waals surface area contributed by atoms with Crippen molar-refractivity contribution in [3.05, 3.63) is 23.8 Å². The summed E-state index contributed by atoms with van der Waals surface area (Å²) in [6.45, 7) is 1.71. The van der Waals surface area contributed by atoms with Crippen molar-refractivity contribution in [2.75, 3.05) is 7.11 Å². The molecule has 112 valence electrons. The highest BCUT2D eigenvalue weighted by Gasteiger charge is 2.24. The van der Waals surface area contributed by atoms with Crippen LogP contribution >= 0.6 is 0 Å². The van der Waals surface area contributed by atoms with E-state index in [0.717, 1.165) is 37.7 Å². The molecule has 20 heavy (non-hydrogen) atoms. The Labute approximate surface area is 120 Å². The molecule has 3 atom stereocenters. The minimum Gasteiger partial charge on any atom is -0.497 e. The van der Waals surface area contributed by atoms with Crippen molar-refractivity contribution in [1.29, 1.82) is 0 Å². The van der Waals surface area contributed by atoms with Gasteiger partial charge in [-0.15, -0.1) is 0 Å². The third-order valence-electron chi connectivity index (χ3n) is 3.87. The number of aliphatic hydroxyl groups excluding tert-OH is 2.